The summed E-state index contributed by atoms with van der Waals surface area (Å²) in [4.78, 5) is 0. The summed E-state index contributed by atoms with van der Waals surface area (Å²) in [5.41, 5.74) is 0.973. The van der Waals surface area contributed by atoms with Crippen molar-refractivity contribution >= 4 is 11.7 Å². The van der Waals surface area contributed by atoms with Gasteiger partial charge in [0.15, 0.2) is 0 Å². The fraction of sp³-hybridized carbons (Fsp3) is 0.750. The van der Waals surface area contributed by atoms with E-state index in [1.54, 1.807) is 13.3 Å². The molecule has 1 atom stereocenters. The minimum atomic E-state index is 0.184. The van der Waals surface area contributed by atoms with E-state index in [0.717, 1.165) is 18.7 Å². The summed E-state index contributed by atoms with van der Waals surface area (Å²) in [5, 5.41) is 3.35. The molecule has 1 heterocycles. The Morgan fingerprint density at radius 1 is 1.69 bits per heavy atom. The lowest BCUT2D eigenvalue weighted by Crippen LogP contribution is -2.26. The van der Waals surface area contributed by atoms with Crippen molar-refractivity contribution in [1.29, 1.82) is 0 Å². The minimum Gasteiger partial charge on any atom is -0.383 e. The van der Waals surface area contributed by atoms with Gasteiger partial charge in [0.2, 0.25) is 0 Å². The van der Waals surface area contributed by atoms with E-state index in [9.17, 15) is 0 Å². The molecule has 0 radical (unpaired) electrons. The second-order valence-electron chi connectivity index (χ2n) is 2.79. The molecule has 0 saturated carbocycles. The molecule has 1 N–H and O–H groups in total. The maximum atomic E-state index is 5.10. The number of ether oxygens (including phenoxy) is 1. The van der Waals surface area contributed by atoms with Crippen LogP contribution in [0.3, 0.4) is 0 Å². The van der Waals surface area contributed by atoms with Crippen LogP contribution in [0.2, 0.25) is 0 Å². The number of methoxy groups -OCH3 is 1. The molecule has 0 aliphatic heterocycles. The molecular formula is C8H15N3OS. The largest absolute Gasteiger partial charge is 0.383 e. The first-order valence-electron chi connectivity index (χ1n) is 4.38. The molecule has 1 aromatic heterocycles. The Kier molecular flexibility index (Phi) is 4.88. The van der Waals surface area contributed by atoms with Gasteiger partial charge in [-0.25, -0.2) is 0 Å². The Bertz CT molecular complexity index is 215. The lowest BCUT2D eigenvalue weighted by Gasteiger charge is -2.14. The van der Waals surface area contributed by atoms with Crippen molar-refractivity contribution in [2.45, 2.75) is 19.4 Å². The third kappa shape index (κ3) is 3.38. The average molecular weight is 201 g/mol. The molecule has 0 amide bonds. The fourth-order valence-corrected chi connectivity index (χ4v) is 1.53. The highest BCUT2D eigenvalue weighted by atomic mass is 32.1. The van der Waals surface area contributed by atoms with Crippen molar-refractivity contribution in [2.75, 3.05) is 20.3 Å². The van der Waals surface area contributed by atoms with Crippen LogP contribution in [0.25, 0.3) is 0 Å². The van der Waals surface area contributed by atoms with Crippen LogP contribution in [0.5, 0.6) is 0 Å². The molecule has 1 unspecified atom stereocenters. The van der Waals surface area contributed by atoms with Crippen LogP contribution in [0.15, 0.2) is 6.20 Å². The topological polar surface area (TPSA) is 47.0 Å². The summed E-state index contributed by atoms with van der Waals surface area (Å²) in [6.45, 7) is 3.76. The predicted molar refractivity (Wildman–Crippen MR) is 52.8 cm³/mol. The van der Waals surface area contributed by atoms with Gasteiger partial charge in [0.05, 0.1) is 36.3 Å². The number of nitrogens with zero attached hydrogens (tertiary/aromatic N) is 2. The van der Waals surface area contributed by atoms with Gasteiger partial charge in [-0.05, 0) is 13.0 Å². The summed E-state index contributed by atoms with van der Waals surface area (Å²) >= 11 is 1.23. The van der Waals surface area contributed by atoms with Gasteiger partial charge in [-0.2, -0.15) is 8.75 Å². The van der Waals surface area contributed by atoms with Gasteiger partial charge in [0.25, 0.3) is 0 Å². The Morgan fingerprint density at radius 2 is 2.54 bits per heavy atom. The van der Waals surface area contributed by atoms with E-state index in [1.807, 2.05) is 0 Å². The third-order valence-electron chi connectivity index (χ3n) is 1.71. The number of aromatic nitrogens is 2. The summed E-state index contributed by atoms with van der Waals surface area (Å²) in [6.07, 6.45) is 2.90. The molecule has 0 spiro atoms. The van der Waals surface area contributed by atoms with E-state index in [4.69, 9.17) is 4.74 Å². The molecule has 0 bridgehead atoms. The van der Waals surface area contributed by atoms with Gasteiger partial charge in [0, 0.05) is 7.11 Å². The van der Waals surface area contributed by atoms with Gasteiger partial charge < -0.3 is 10.1 Å². The van der Waals surface area contributed by atoms with Gasteiger partial charge in [0.1, 0.15) is 0 Å². The van der Waals surface area contributed by atoms with Crippen molar-refractivity contribution in [1.82, 2.24) is 14.1 Å². The first kappa shape index (κ1) is 10.6. The second-order valence-corrected chi connectivity index (χ2v) is 3.35. The van der Waals surface area contributed by atoms with E-state index in [2.05, 4.69) is 21.0 Å². The quantitative estimate of drug-likeness (QED) is 0.752. The molecule has 0 fully saturated rings. The Morgan fingerprint density at radius 3 is 3.08 bits per heavy atom. The number of rotatable bonds is 6. The molecule has 5 heteroatoms. The Labute approximate surface area is 82.6 Å². The third-order valence-corrected chi connectivity index (χ3v) is 2.20. The standard InChI is InChI=1S/C8H15N3OS/c1-3-4-9-8(6-12-2)7-5-10-13-11-7/h5,8-9H,3-4,6H2,1-2H3. The van der Waals surface area contributed by atoms with Crippen LogP contribution in [0.1, 0.15) is 25.1 Å². The lowest BCUT2D eigenvalue weighted by molar-refractivity contribution is 0.166. The highest BCUT2D eigenvalue weighted by Gasteiger charge is 2.12. The van der Waals surface area contributed by atoms with Crippen LogP contribution in [-0.4, -0.2) is 29.0 Å². The van der Waals surface area contributed by atoms with E-state index in [0.29, 0.717) is 6.61 Å². The lowest BCUT2D eigenvalue weighted by atomic mass is 10.2. The highest BCUT2D eigenvalue weighted by Crippen LogP contribution is 2.10. The van der Waals surface area contributed by atoms with Crippen molar-refractivity contribution in [2.24, 2.45) is 0 Å². The monoisotopic (exact) mass is 201 g/mol. The first-order chi connectivity index (χ1) is 6.38. The molecule has 1 aromatic rings. The Balaban J connectivity index is 2.47. The zero-order valence-corrected chi connectivity index (χ0v) is 8.80. The first-order valence-corrected chi connectivity index (χ1v) is 5.11. The van der Waals surface area contributed by atoms with Crippen LogP contribution in [0, 0.1) is 0 Å². The summed E-state index contributed by atoms with van der Waals surface area (Å²) in [6, 6.07) is 0.184. The van der Waals surface area contributed by atoms with Crippen molar-refractivity contribution in [3.05, 3.63) is 11.9 Å². The molecule has 0 aliphatic carbocycles. The molecule has 74 valence electrons. The van der Waals surface area contributed by atoms with Crippen molar-refractivity contribution in [3.63, 3.8) is 0 Å². The predicted octanol–water partition coefficient (Wildman–Crippen LogP) is 1.23. The molecule has 1 rings (SSSR count). The van der Waals surface area contributed by atoms with Crippen molar-refractivity contribution < 1.29 is 4.74 Å². The van der Waals surface area contributed by atoms with E-state index >= 15 is 0 Å². The molecular weight excluding hydrogens is 186 g/mol. The minimum absolute atomic E-state index is 0.184. The van der Waals surface area contributed by atoms with Crippen LogP contribution >= 0.6 is 11.7 Å². The average Bonchev–Trinajstić information content (AvgIpc) is 2.65. The molecule has 0 saturated heterocycles. The van der Waals surface area contributed by atoms with Gasteiger partial charge in [-0.15, -0.1) is 0 Å². The number of nitrogens with one attached hydrogen (secondary N) is 1. The van der Waals surface area contributed by atoms with Crippen LogP contribution in [-0.2, 0) is 4.74 Å². The number of hydrogen-bond acceptors (Lipinski definition) is 5. The molecule has 0 aromatic carbocycles. The second kappa shape index (κ2) is 6.01. The smallest absolute Gasteiger partial charge is 0.0935 e. The maximum Gasteiger partial charge on any atom is 0.0935 e. The number of hydrogen-bond donors (Lipinski definition) is 1. The fourth-order valence-electron chi connectivity index (χ4n) is 1.06. The highest BCUT2D eigenvalue weighted by molar-refractivity contribution is 6.99. The van der Waals surface area contributed by atoms with Gasteiger partial charge in [-0.3, -0.25) is 0 Å². The van der Waals surface area contributed by atoms with Gasteiger partial charge in [-0.1, -0.05) is 6.92 Å². The zero-order valence-electron chi connectivity index (χ0n) is 7.99. The SMILES string of the molecule is CCCNC(COC)c1cnsn1. The van der Waals surface area contributed by atoms with E-state index in [1.165, 1.54) is 11.7 Å². The molecule has 0 aliphatic rings. The van der Waals surface area contributed by atoms with Crippen LogP contribution in [0.4, 0.5) is 0 Å². The van der Waals surface area contributed by atoms with Crippen LogP contribution < -0.4 is 5.32 Å². The maximum absolute atomic E-state index is 5.10. The summed E-state index contributed by atoms with van der Waals surface area (Å²) in [5.74, 6) is 0. The zero-order chi connectivity index (χ0) is 9.52. The van der Waals surface area contributed by atoms with E-state index < -0.39 is 0 Å². The van der Waals surface area contributed by atoms with Crippen molar-refractivity contribution in [3.8, 4) is 0 Å². The summed E-state index contributed by atoms with van der Waals surface area (Å²) < 4.78 is 13.2. The Hall–Kier alpha value is -0.520. The normalized spacial score (nSPS) is 13.1. The summed E-state index contributed by atoms with van der Waals surface area (Å²) in [7, 11) is 1.69. The molecule has 4 nitrogen and oxygen atoms in total. The molecule has 13 heavy (non-hydrogen) atoms. The van der Waals surface area contributed by atoms with E-state index in [-0.39, 0.29) is 6.04 Å². The van der Waals surface area contributed by atoms with Gasteiger partial charge >= 0.3 is 0 Å².